The highest BCUT2D eigenvalue weighted by Crippen LogP contribution is 2.33. The van der Waals surface area contributed by atoms with E-state index in [1.807, 2.05) is 48.2 Å². The van der Waals surface area contributed by atoms with Gasteiger partial charge in [-0.05, 0) is 91.2 Å². The summed E-state index contributed by atoms with van der Waals surface area (Å²) in [4.78, 5) is 8.92. The van der Waals surface area contributed by atoms with Gasteiger partial charge in [-0.3, -0.25) is 0 Å². The van der Waals surface area contributed by atoms with E-state index < -0.39 is 0 Å². The molecule has 0 bridgehead atoms. The van der Waals surface area contributed by atoms with Gasteiger partial charge in [-0.1, -0.05) is 30.7 Å². The van der Waals surface area contributed by atoms with Gasteiger partial charge in [0, 0.05) is 16.6 Å². The molecule has 40 heavy (non-hydrogen) atoms. The molecule has 5 aromatic rings. The van der Waals surface area contributed by atoms with E-state index >= 15 is 0 Å². The van der Waals surface area contributed by atoms with Crippen molar-refractivity contribution in [3.63, 3.8) is 0 Å². The Hall–Kier alpha value is -3.59. The minimum Gasteiger partial charge on any atom is -0.487 e. The molecule has 0 fully saturated rings. The van der Waals surface area contributed by atoms with Crippen molar-refractivity contribution in [2.24, 2.45) is 0 Å². The Kier molecular flexibility index (Phi) is 9.21. The summed E-state index contributed by atoms with van der Waals surface area (Å²) in [6.45, 7) is 3.20. The highest BCUT2D eigenvalue weighted by Gasteiger charge is 2.16. The summed E-state index contributed by atoms with van der Waals surface area (Å²) in [5.41, 5.74) is 3.22. The Morgan fingerprint density at radius 3 is 2.75 bits per heavy atom. The maximum absolute atomic E-state index is 13.5. The van der Waals surface area contributed by atoms with Crippen LogP contribution >= 0.6 is 23.4 Å². The van der Waals surface area contributed by atoms with Gasteiger partial charge in [0.25, 0.3) is 0 Å². The van der Waals surface area contributed by atoms with Gasteiger partial charge in [-0.2, -0.15) is 11.8 Å². The van der Waals surface area contributed by atoms with Crippen molar-refractivity contribution in [1.29, 1.82) is 0 Å². The SMILES string of the molecule is CCNC(CCSC)c1ccc(-c2ccc3ncnc(Nc4ccc(OCc5cccc(F)c5)c(Cl)c4)c3c2)o1. The van der Waals surface area contributed by atoms with Crippen LogP contribution in [0.25, 0.3) is 22.2 Å². The van der Waals surface area contributed by atoms with Gasteiger partial charge in [-0.25, -0.2) is 14.4 Å². The lowest BCUT2D eigenvalue weighted by atomic mass is 10.1. The normalized spacial score (nSPS) is 12.0. The summed E-state index contributed by atoms with van der Waals surface area (Å²) in [5, 5.41) is 8.16. The highest BCUT2D eigenvalue weighted by atomic mass is 35.5. The third-order valence-electron chi connectivity index (χ3n) is 6.43. The van der Waals surface area contributed by atoms with Gasteiger partial charge < -0.3 is 19.8 Å². The Labute approximate surface area is 242 Å². The maximum Gasteiger partial charge on any atom is 0.141 e. The first-order chi connectivity index (χ1) is 19.5. The molecule has 2 heterocycles. The van der Waals surface area contributed by atoms with Crippen molar-refractivity contribution >= 4 is 45.8 Å². The lowest BCUT2D eigenvalue weighted by Crippen LogP contribution is -2.20. The number of fused-ring (bicyclic) bond motifs is 1. The summed E-state index contributed by atoms with van der Waals surface area (Å²) in [6, 6.07) is 21.9. The van der Waals surface area contributed by atoms with Crippen LogP contribution in [0.4, 0.5) is 15.9 Å². The smallest absolute Gasteiger partial charge is 0.141 e. The number of anilines is 2. The molecule has 6 nitrogen and oxygen atoms in total. The van der Waals surface area contributed by atoms with Crippen LogP contribution < -0.4 is 15.4 Å². The molecule has 9 heteroatoms. The molecule has 0 spiro atoms. The van der Waals surface area contributed by atoms with Crippen LogP contribution in [0.15, 0.2) is 83.5 Å². The van der Waals surface area contributed by atoms with Crippen LogP contribution in [0.2, 0.25) is 5.02 Å². The Morgan fingerprint density at radius 2 is 1.95 bits per heavy atom. The topological polar surface area (TPSA) is 72.2 Å². The first-order valence-electron chi connectivity index (χ1n) is 13.0. The minimum atomic E-state index is -0.302. The molecule has 0 saturated heterocycles. The van der Waals surface area contributed by atoms with Crippen LogP contribution in [0.1, 0.15) is 30.7 Å². The van der Waals surface area contributed by atoms with E-state index in [0.717, 1.165) is 58.0 Å². The number of hydrogen-bond donors (Lipinski definition) is 2. The number of nitrogens with zero attached hydrogens (tertiary/aromatic N) is 2. The molecule has 0 saturated carbocycles. The number of hydrogen-bond acceptors (Lipinski definition) is 7. The molecular weight excluding hydrogens is 547 g/mol. The fourth-order valence-corrected chi connectivity index (χ4v) is 5.16. The zero-order valence-corrected chi connectivity index (χ0v) is 23.9. The molecule has 1 unspecified atom stereocenters. The van der Waals surface area contributed by atoms with Crippen LogP contribution in [0.3, 0.4) is 0 Å². The third-order valence-corrected chi connectivity index (χ3v) is 7.37. The Morgan fingerprint density at radius 1 is 1.05 bits per heavy atom. The van der Waals surface area contributed by atoms with E-state index in [0.29, 0.717) is 16.6 Å². The first kappa shape index (κ1) is 28.0. The van der Waals surface area contributed by atoms with Gasteiger partial charge in [0.15, 0.2) is 0 Å². The van der Waals surface area contributed by atoms with E-state index in [4.69, 9.17) is 20.8 Å². The largest absolute Gasteiger partial charge is 0.487 e. The molecule has 0 amide bonds. The van der Waals surface area contributed by atoms with Crippen molar-refractivity contribution in [2.75, 3.05) is 23.9 Å². The third kappa shape index (κ3) is 6.75. The second-order valence-corrected chi connectivity index (χ2v) is 10.6. The van der Waals surface area contributed by atoms with Gasteiger partial charge in [0.1, 0.15) is 41.8 Å². The maximum atomic E-state index is 13.5. The molecule has 0 radical (unpaired) electrons. The van der Waals surface area contributed by atoms with Crippen LogP contribution in [0, 0.1) is 5.82 Å². The summed E-state index contributed by atoms with van der Waals surface area (Å²) in [5.74, 6) is 3.63. The fourth-order valence-electron chi connectivity index (χ4n) is 4.45. The van der Waals surface area contributed by atoms with E-state index in [9.17, 15) is 4.39 Å². The van der Waals surface area contributed by atoms with Gasteiger partial charge >= 0.3 is 0 Å². The monoisotopic (exact) mass is 576 g/mol. The van der Waals surface area contributed by atoms with Crippen molar-refractivity contribution < 1.29 is 13.5 Å². The molecule has 5 rings (SSSR count). The van der Waals surface area contributed by atoms with Crippen LogP contribution in [0.5, 0.6) is 5.75 Å². The molecule has 2 N–H and O–H groups in total. The first-order valence-corrected chi connectivity index (χ1v) is 14.8. The lowest BCUT2D eigenvalue weighted by Gasteiger charge is -2.14. The van der Waals surface area contributed by atoms with E-state index in [1.54, 1.807) is 24.3 Å². The second kappa shape index (κ2) is 13.2. The van der Waals surface area contributed by atoms with Gasteiger partial charge in [0.05, 0.1) is 16.6 Å². The average Bonchev–Trinajstić information content (AvgIpc) is 3.45. The summed E-state index contributed by atoms with van der Waals surface area (Å²) >= 11 is 8.34. The molecule has 0 aliphatic carbocycles. The van der Waals surface area contributed by atoms with Crippen molar-refractivity contribution in [2.45, 2.75) is 26.0 Å². The predicted molar refractivity (Wildman–Crippen MR) is 162 cm³/mol. The van der Waals surface area contributed by atoms with Crippen molar-refractivity contribution in [3.05, 3.63) is 101 Å². The number of ether oxygens (including phenoxy) is 1. The Balaban J connectivity index is 1.35. The summed E-state index contributed by atoms with van der Waals surface area (Å²) in [6.07, 6.45) is 4.64. The number of aromatic nitrogens is 2. The van der Waals surface area contributed by atoms with Gasteiger partial charge in [0.2, 0.25) is 0 Å². The van der Waals surface area contributed by atoms with Gasteiger partial charge in [-0.15, -0.1) is 0 Å². The number of nitrogens with one attached hydrogen (secondary N) is 2. The zero-order chi connectivity index (χ0) is 27.9. The number of benzene rings is 3. The van der Waals surface area contributed by atoms with E-state index in [-0.39, 0.29) is 18.5 Å². The molecule has 2 aromatic heterocycles. The van der Waals surface area contributed by atoms with Crippen LogP contribution in [-0.2, 0) is 6.61 Å². The fraction of sp³-hybridized carbons (Fsp3) is 0.226. The van der Waals surface area contributed by atoms with Crippen molar-refractivity contribution in [1.82, 2.24) is 15.3 Å². The predicted octanol–water partition coefficient (Wildman–Crippen LogP) is 8.41. The molecule has 3 aromatic carbocycles. The number of thioether (sulfide) groups is 1. The lowest BCUT2D eigenvalue weighted by molar-refractivity contribution is 0.306. The zero-order valence-electron chi connectivity index (χ0n) is 22.3. The highest BCUT2D eigenvalue weighted by molar-refractivity contribution is 7.98. The second-order valence-electron chi connectivity index (χ2n) is 9.24. The van der Waals surface area contributed by atoms with E-state index in [1.165, 1.54) is 18.5 Å². The quantitative estimate of drug-likeness (QED) is 0.154. The molecular formula is C31H30ClFN4O2S. The van der Waals surface area contributed by atoms with Crippen LogP contribution in [-0.4, -0.2) is 28.5 Å². The number of furan rings is 1. The average molecular weight is 577 g/mol. The molecule has 1 atom stereocenters. The molecule has 206 valence electrons. The Bertz CT molecular complexity index is 1600. The molecule has 0 aliphatic heterocycles. The number of halogens is 2. The van der Waals surface area contributed by atoms with E-state index in [2.05, 4.69) is 33.8 Å². The molecule has 0 aliphatic rings. The standard InChI is InChI=1S/C31H30ClFN4O2S/c1-3-34-27(13-14-40-2)30-12-11-28(39-30)21-7-9-26-24(16-21)31(36-19-35-26)37-23-8-10-29(25(32)17-23)38-18-20-5-4-6-22(33)15-20/h4-12,15-17,19,27,34H,3,13-14,18H2,1-2H3,(H,35,36,37). The van der Waals surface area contributed by atoms with Crippen molar-refractivity contribution in [3.8, 4) is 17.1 Å². The summed E-state index contributed by atoms with van der Waals surface area (Å²) < 4.78 is 25.6. The number of rotatable bonds is 12. The minimum absolute atomic E-state index is 0.178. The summed E-state index contributed by atoms with van der Waals surface area (Å²) in [7, 11) is 0.